The Hall–Kier alpha value is -2.77. The summed E-state index contributed by atoms with van der Waals surface area (Å²) in [6.45, 7) is -0.580. The van der Waals surface area contributed by atoms with Crippen molar-refractivity contribution in [2.24, 2.45) is 5.92 Å². The molecule has 8 heteroatoms. The number of hydrogen-bond donors (Lipinski definition) is 2. The maximum absolute atomic E-state index is 11.8. The van der Waals surface area contributed by atoms with Gasteiger partial charge in [0.15, 0.2) is 0 Å². The van der Waals surface area contributed by atoms with Crippen LogP contribution in [0.15, 0.2) is 30.3 Å². The molecule has 1 aliphatic heterocycles. The van der Waals surface area contributed by atoms with Crippen LogP contribution in [0.2, 0.25) is 0 Å². The number of amides is 4. The highest BCUT2D eigenvalue weighted by molar-refractivity contribution is 6.16. The molecule has 1 heterocycles. The predicted molar refractivity (Wildman–Crippen MR) is 66.2 cm³/mol. The lowest BCUT2D eigenvalue weighted by atomic mass is 9.84. The van der Waals surface area contributed by atoms with Gasteiger partial charge in [0.1, 0.15) is 5.92 Å². The van der Waals surface area contributed by atoms with Gasteiger partial charge < -0.3 is 0 Å². The van der Waals surface area contributed by atoms with Crippen LogP contribution >= 0.6 is 0 Å². The van der Waals surface area contributed by atoms with Crippen LogP contribution in [0.5, 0.6) is 0 Å². The van der Waals surface area contributed by atoms with Crippen LogP contribution in [0.4, 0.5) is 4.79 Å². The Morgan fingerprint density at radius 1 is 1.10 bits per heavy atom. The van der Waals surface area contributed by atoms with Crippen LogP contribution in [-0.4, -0.2) is 29.3 Å². The summed E-state index contributed by atoms with van der Waals surface area (Å²) < 4.78 is 0. The summed E-state index contributed by atoms with van der Waals surface area (Å²) in [4.78, 5) is 44.8. The number of benzene rings is 1. The highest BCUT2D eigenvalue weighted by Crippen LogP contribution is 2.26. The van der Waals surface area contributed by atoms with Gasteiger partial charge in [-0.15, -0.1) is 0 Å². The van der Waals surface area contributed by atoms with Crippen molar-refractivity contribution in [1.82, 2.24) is 10.6 Å². The van der Waals surface area contributed by atoms with Gasteiger partial charge in [0.25, 0.3) is 0 Å². The van der Waals surface area contributed by atoms with Crippen molar-refractivity contribution in [2.75, 3.05) is 6.54 Å². The minimum absolute atomic E-state index is 0.494. The summed E-state index contributed by atoms with van der Waals surface area (Å²) in [6, 6.07) is 7.33. The normalized spacial score (nSPS) is 17.3. The van der Waals surface area contributed by atoms with E-state index in [4.69, 9.17) is 0 Å². The molecule has 0 aromatic heterocycles. The summed E-state index contributed by atoms with van der Waals surface area (Å²) in [6.07, 6.45) is 0. The molecule has 20 heavy (non-hydrogen) atoms. The van der Waals surface area contributed by atoms with Crippen molar-refractivity contribution in [3.8, 4) is 0 Å². The van der Waals surface area contributed by atoms with E-state index in [-0.39, 0.29) is 0 Å². The van der Waals surface area contributed by atoms with Gasteiger partial charge in [-0.25, -0.2) is 4.79 Å². The summed E-state index contributed by atoms with van der Waals surface area (Å²) >= 11 is 0. The highest BCUT2D eigenvalue weighted by atomic mass is 16.6. The van der Waals surface area contributed by atoms with Gasteiger partial charge in [0.2, 0.25) is 18.4 Å². The molecule has 104 valence electrons. The second-order valence-electron chi connectivity index (χ2n) is 4.32. The molecule has 1 aromatic carbocycles. The van der Waals surface area contributed by atoms with E-state index in [2.05, 4.69) is 0 Å². The molecule has 0 bridgehead atoms. The molecule has 1 unspecified atom stereocenters. The first-order valence-corrected chi connectivity index (χ1v) is 5.81. The molecular weight excluding hydrogens is 266 g/mol. The molecule has 8 nitrogen and oxygen atoms in total. The number of nitrogens with one attached hydrogen (secondary N) is 2. The van der Waals surface area contributed by atoms with E-state index in [1.807, 2.05) is 10.6 Å². The molecule has 1 fully saturated rings. The summed E-state index contributed by atoms with van der Waals surface area (Å²) in [5, 5.41) is 14.7. The van der Waals surface area contributed by atoms with E-state index in [9.17, 15) is 24.5 Å². The summed E-state index contributed by atoms with van der Waals surface area (Å²) in [5.74, 6) is -3.89. The Bertz CT molecular complexity index is 552. The van der Waals surface area contributed by atoms with Gasteiger partial charge in [-0.05, 0) is 5.56 Å². The van der Waals surface area contributed by atoms with E-state index in [1.165, 1.54) is 0 Å². The number of imide groups is 2. The highest BCUT2D eigenvalue weighted by Gasteiger charge is 2.42. The standard InChI is InChI=1S/C12H11N3O5/c16-10-9(11(17)14-12(18)13-10)8(6-15(19)20)7-4-2-1-3-5-7/h1-5,8-9H,6H2,(H2,13,14,16,17,18). The number of barbiturate groups is 1. The number of urea groups is 1. The van der Waals surface area contributed by atoms with Crippen LogP contribution < -0.4 is 10.6 Å². The van der Waals surface area contributed by atoms with Gasteiger partial charge >= 0.3 is 6.03 Å². The number of carbonyl (C=O) groups excluding carboxylic acids is 3. The van der Waals surface area contributed by atoms with Gasteiger partial charge in [-0.2, -0.15) is 0 Å². The topological polar surface area (TPSA) is 118 Å². The molecule has 0 aliphatic carbocycles. The first-order valence-electron chi connectivity index (χ1n) is 5.81. The molecule has 0 spiro atoms. The maximum Gasteiger partial charge on any atom is 0.328 e. The maximum atomic E-state index is 11.8. The number of nitrogens with zero attached hydrogens (tertiary/aromatic N) is 1. The second-order valence-corrected chi connectivity index (χ2v) is 4.32. The fourth-order valence-corrected chi connectivity index (χ4v) is 2.16. The Morgan fingerprint density at radius 2 is 1.65 bits per heavy atom. The molecule has 1 aromatic rings. The molecule has 2 rings (SSSR count). The summed E-state index contributed by atoms with van der Waals surface area (Å²) in [7, 11) is 0. The third kappa shape index (κ3) is 2.79. The smallest absolute Gasteiger partial charge is 0.277 e. The zero-order valence-corrected chi connectivity index (χ0v) is 10.2. The van der Waals surface area contributed by atoms with E-state index in [1.54, 1.807) is 30.3 Å². The number of nitro groups is 1. The lowest BCUT2D eigenvalue weighted by Crippen LogP contribution is -2.57. The van der Waals surface area contributed by atoms with E-state index < -0.39 is 41.1 Å². The number of carbonyl (C=O) groups is 3. The SMILES string of the molecule is O=C1NC(=O)C(C(C[N+](=O)[O-])c2ccccc2)C(=O)N1. The molecule has 1 atom stereocenters. The fourth-order valence-electron chi connectivity index (χ4n) is 2.16. The third-order valence-electron chi connectivity index (χ3n) is 3.01. The minimum Gasteiger partial charge on any atom is -0.277 e. The lowest BCUT2D eigenvalue weighted by Gasteiger charge is -2.26. The Morgan fingerprint density at radius 3 is 2.15 bits per heavy atom. The first kappa shape index (κ1) is 13.7. The average Bonchev–Trinajstić information content (AvgIpc) is 2.37. The average molecular weight is 277 g/mol. The van der Waals surface area contributed by atoms with Crippen LogP contribution in [0.3, 0.4) is 0 Å². The molecule has 2 N–H and O–H groups in total. The second kappa shape index (κ2) is 5.47. The first-order chi connectivity index (χ1) is 9.49. The van der Waals surface area contributed by atoms with Crippen molar-refractivity contribution in [3.63, 3.8) is 0 Å². The molecule has 1 saturated heterocycles. The van der Waals surface area contributed by atoms with E-state index in [0.29, 0.717) is 5.56 Å². The van der Waals surface area contributed by atoms with Gasteiger partial charge in [0.05, 0.1) is 5.92 Å². The van der Waals surface area contributed by atoms with E-state index in [0.717, 1.165) is 0 Å². The molecule has 0 saturated carbocycles. The van der Waals surface area contributed by atoms with Crippen molar-refractivity contribution >= 4 is 17.8 Å². The quantitative estimate of drug-likeness (QED) is 0.457. The van der Waals surface area contributed by atoms with Crippen molar-refractivity contribution < 1.29 is 19.3 Å². The zero-order valence-electron chi connectivity index (χ0n) is 10.2. The van der Waals surface area contributed by atoms with E-state index >= 15 is 0 Å². The lowest BCUT2D eigenvalue weighted by molar-refractivity contribution is -0.484. The van der Waals surface area contributed by atoms with Crippen molar-refractivity contribution in [2.45, 2.75) is 5.92 Å². The molecular formula is C12H11N3O5. The zero-order chi connectivity index (χ0) is 14.7. The van der Waals surface area contributed by atoms with Gasteiger partial charge in [-0.3, -0.25) is 30.3 Å². The summed E-state index contributed by atoms with van der Waals surface area (Å²) in [5.41, 5.74) is 0.494. The van der Waals surface area contributed by atoms with Crippen molar-refractivity contribution in [1.29, 1.82) is 0 Å². The van der Waals surface area contributed by atoms with Crippen LogP contribution in [-0.2, 0) is 9.59 Å². The fraction of sp³-hybridized carbons (Fsp3) is 0.250. The third-order valence-corrected chi connectivity index (χ3v) is 3.01. The number of hydrogen-bond acceptors (Lipinski definition) is 5. The molecule has 4 amide bonds. The Labute approximate surface area is 113 Å². The predicted octanol–water partition coefficient (Wildman–Crippen LogP) is 0.0291. The largest absolute Gasteiger partial charge is 0.328 e. The van der Waals surface area contributed by atoms with Gasteiger partial charge in [0, 0.05) is 4.92 Å². The molecule has 1 aliphatic rings. The van der Waals surface area contributed by atoms with Gasteiger partial charge in [-0.1, -0.05) is 30.3 Å². The van der Waals surface area contributed by atoms with Crippen LogP contribution in [0.1, 0.15) is 11.5 Å². The van der Waals surface area contributed by atoms with Crippen LogP contribution in [0.25, 0.3) is 0 Å². The number of rotatable bonds is 4. The van der Waals surface area contributed by atoms with Crippen molar-refractivity contribution in [3.05, 3.63) is 46.0 Å². The van der Waals surface area contributed by atoms with Crippen LogP contribution in [0, 0.1) is 16.0 Å². The molecule has 0 radical (unpaired) electrons. The minimum atomic E-state index is -1.31. The Balaban J connectivity index is 2.36. The Kier molecular flexibility index (Phi) is 3.74. The monoisotopic (exact) mass is 277 g/mol.